The minimum atomic E-state index is -1.00. The van der Waals surface area contributed by atoms with E-state index in [1.807, 2.05) is 0 Å². The molecule has 4 N–H and O–H groups in total. The van der Waals surface area contributed by atoms with Crippen molar-refractivity contribution in [2.24, 2.45) is 0 Å². The first-order valence-electron chi connectivity index (χ1n) is 8.29. The van der Waals surface area contributed by atoms with Crippen LogP contribution >= 0.6 is 15.9 Å². The highest BCUT2D eigenvalue weighted by molar-refractivity contribution is 9.10. The van der Waals surface area contributed by atoms with Gasteiger partial charge in [-0.05, 0) is 43.5 Å². The molecule has 1 aliphatic rings. The van der Waals surface area contributed by atoms with Gasteiger partial charge in [0.05, 0.1) is 41.4 Å². The molecule has 3 rings (SSSR count). The van der Waals surface area contributed by atoms with Crippen molar-refractivity contribution >= 4 is 33.2 Å². The summed E-state index contributed by atoms with van der Waals surface area (Å²) in [4.78, 5) is 16.6. The lowest BCUT2D eigenvalue weighted by Gasteiger charge is -2.32. The Morgan fingerprint density at radius 1 is 1.23 bits per heavy atom. The predicted octanol–water partition coefficient (Wildman–Crippen LogP) is 2.73. The summed E-state index contributed by atoms with van der Waals surface area (Å²) in [6.07, 6.45) is 2.86. The molecule has 26 heavy (non-hydrogen) atoms. The van der Waals surface area contributed by atoms with Crippen LogP contribution in [0.3, 0.4) is 0 Å². The Balaban J connectivity index is 1.79. The van der Waals surface area contributed by atoms with Crippen molar-refractivity contribution in [3.63, 3.8) is 0 Å². The fourth-order valence-corrected chi connectivity index (χ4v) is 3.32. The third kappa shape index (κ3) is 4.20. The Labute approximate surface area is 158 Å². The number of carbonyl (C=O) groups is 1. The van der Waals surface area contributed by atoms with E-state index in [1.54, 1.807) is 12.1 Å². The molecule has 6 nitrogen and oxygen atoms in total. The summed E-state index contributed by atoms with van der Waals surface area (Å²) < 4.78 is 14.7. The maximum Gasteiger partial charge on any atom is 0.253 e. The van der Waals surface area contributed by atoms with Gasteiger partial charge in [-0.3, -0.25) is 9.78 Å². The summed E-state index contributed by atoms with van der Waals surface area (Å²) in [5.41, 5.74) is 0.829. The molecule has 1 fully saturated rings. The summed E-state index contributed by atoms with van der Waals surface area (Å²) in [6.45, 7) is 0. The average Bonchev–Trinajstić information content (AvgIpc) is 2.62. The standard InChI is InChI=1S/C18H19BrFN3O3/c19-10-4-5-13(12(20)8-10)22-15-9-21-7-6-11(15)18(26)23-14-2-1-3-16(24)17(14)25/h4-9,14,16-17,22,24-25H,1-3H2,(H,23,26). The van der Waals surface area contributed by atoms with E-state index in [2.05, 4.69) is 31.5 Å². The summed E-state index contributed by atoms with van der Waals surface area (Å²) in [5, 5.41) is 25.4. The first-order chi connectivity index (χ1) is 12.5. The zero-order chi connectivity index (χ0) is 18.7. The summed E-state index contributed by atoms with van der Waals surface area (Å²) in [6, 6.07) is 5.53. The number of aliphatic hydroxyl groups excluding tert-OH is 2. The van der Waals surface area contributed by atoms with Gasteiger partial charge in [-0.25, -0.2) is 4.39 Å². The molecule has 1 aromatic heterocycles. The number of rotatable bonds is 4. The molecule has 0 bridgehead atoms. The monoisotopic (exact) mass is 423 g/mol. The lowest BCUT2D eigenvalue weighted by molar-refractivity contribution is -0.0277. The molecule has 1 aliphatic carbocycles. The maximum atomic E-state index is 14.1. The molecule has 0 aliphatic heterocycles. The molecule has 1 amide bonds. The number of hydrogen-bond acceptors (Lipinski definition) is 5. The second-order valence-corrected chi connectivity index (χ2v) is 7.15. The van der Waals surface area contributed by atoms with Crippen molar-refractivity contribution in [1.82, 2.24) is 10.3 Å². The van der Waals surface area contributed by atoms with Gasteiger partial charge in [0.15, 0.2) is 0 Å². The topological polar surface area (TPSA) is 94.5 Å². The minimum Gasteiger partial charge on any atom is -0.390 e. The first-order valence-corrected chi connectivity index (χ1v) is 9.08. The second kappa shape index (κ2) is 8.11. The Kier molecular flexibility index (Phi) is 5.85. The average molecular weight is 424 g/mol. The van der Waals surface area contributed by atoms with Crippen LogP contribution in [-0.2, 0) is 0 Å². The van der Waals surface area contributed by atoms with E-state index in [4.69, 9.17) is 0 Å². The van der Waals surface area contributed by atoms with E-state index >= 15 is 0 Å². The van der Waals surface area contributed by atoms with Crippen LogP contribution in [0.15, 0.2) is 41.1 Å². The van der Waals surface area contributed by atoms with Gasteiger partial charge in [-0.2, -0.15) is 0 Å². The van der Waals surface area contributed by atoms with Gasteiger partial charge in [-0.15, -0.1) is 0 Å². The molecule has 3 atom stereocenters. The fourth-order valence-electron chi connectivity index (χ4n) is 2.99. The highest BCUT2D eigenvalue weighted by Crippen LogP contribution is 2.25. The SMILES string of the molecule is O=C(NC1CCCC(O)C1O)c1ccncc1Nc1ccc(Br)cc1F. The van der Waals surface area contributed by atoms with Crippen LogP contribution in [0.5, 0.6) is 0 Å². The predicted molar refractivity (Wildman–Crippen MR) is 98.7 cm³/mol. The molecule has 1 heterocycles. The van der Waals surface area contributed by atoms with Crippen LogP contribution in [0.4, 0.5) is 15.8 Å². The first kappa shape index (κ1) is 18.8. The van der Waals surface area contributed by atoms with Crippen molar-refractivity contribution in [3.8, 4) is 0 Å². The van der Waals surface area contributed by atoms with Gasteiger partial charge in [0.25, 0.3) is 5.91 Å². The minimum absolute atomic E-state index is 0.211. The molecule has 1 aromatic carbocycles. The zero-order valence-corrected chi connectivity index (χ0v) is 15.4. The van der Waals surface area contributed by atoms with Crippen LogP contribution in [0.2, 0.25) is 0 Å². The van der Waals surface area contributed by atoms with Crippen LogP contribution in [0.1, 0.15) is 29.6 Å². The van der Waals surface area contributed by atoms with Crippen molar-refractivity contribution < 1.29 is 19.4 Å². The van der Waals surface area contributed by atoms with Crippen LogP contribution in [0, 0.1) is 5.82 Å². The molecule has 2 aromatic rings. The van der Waals surface area contributed by atoms with Crippen molar-refractivity contribution in [1.29, 1.82) is 0 Å². The number of nitrogens with one attached hydrogen (secondary N) is 2. The smallest absolute Gasteiger partial charge is 0.253 e. The van der Waals surface area contributed by atoms with Gasteiger partial charge in [0.2, 0.25) is 0 Å². The molecule has 8 heteroatoms. The lowest BCUT2D eigenvalue weighted by atomic mass is 9.90. The molecular weight excluding hydrogens is 405 g/mol. The number of pyridine rings is 1. The zero-order valence-electron chi connectivity index (χ0n) is 13.8. The molecule has 0 spiro atoms. The molecule has 3 unspecified atom stereocenters. The van der Waals surface area contributed by atoms with Gasteiger partial charge < -0.3 is 20.8 Å². The second-order valence-electron chi connectivity index (χ2n) is 6.24. The summed E-state index contributed by atoms with van der Waals surface area (Å²) in [5.74, 6) is -0.897. The summed E-state index contributed by atoms with van der Waals surface area (Å²) in [7, 11) is 0. The Morgan fingerprint density at radius 3 is 2.81 bits per heavy atom. The fraction of sp³-hybridized carbons (Fsp3) is 0.333. The lowest BCUT2D eigenvalue weighted by Crippen LogP contribution is -2.51. The van der Waals surface area contributed by atoms with E-state index in [9.17, 15) is 19.4 Å². The number of amides is 1. The van der Waals surface area contributed by atoms with Gasteiger partial charge in [-0.1, -0.05) is 15.9 Å². The Hall–Kier alpha value is -2.03. The molecule has 138 valence electrons. The van der Waals surface area contributed by atoms with Crippen LogP contribution in [0.25, 0.3) is 0 Å². The summed E-state index contributed by atoms with van der Waals surface area (Å²) >= 11 is 3.20. The van der Waals surface area contributed by atoms with Crippen LogP contribution in [-0.4, -0.2) is 39.4 Å². The van der Waals surface area contributed by atoms with E-state index in [-0.39, 0.29) is 11.3 Å². The van der Waals surface area contributed by atoms with Gasteiger partial charge in [0, 0.05) is 10.7 Å². The van der Waals surface area contributed by atoms with Crippen molar-refractivity contribution in [3.05, 3.63) is 52.5 Å². The molecule has 0 saturated heterocycles. The Bertz CT molecular complexity index is 805. The third-order valence-corrected chi connectivity index (χ3v) is 4.90. The number of benzene rings is 1. The molecule has 0 radical (unpaired) electrons. The maximum absolute atomic E-state index is 14.1. The number of aliphatic hydroxyl groups is 2. The normalized spacial score (nSPS) is 22.7. The highest BCUT2D eigenvalue weighted by atomic mass is 79.9. The van der Waals surface area contributed by atoms with Gasteiger partial charge >= 0.3 is 0 Å². The van der Waals surface area contributed by atoms with E-state index < -0.39 is 30.0 Å². The number of nitrogens with zero attached hydrogens (tertiary/aromatic N) is 1. The van der Waals surface area contributed by atoms with Gasteiger partial charge in [0.1, 0.15) is 5.82 Å². The highest BCUT2D eigenvalue weighted by Gasteiger charge is 2.32. The van der Waals surface area contributed by atoms with E-state index in [0.717, 1.165) is 0 Å². The number of aromatic nitrogens is 1. The number of hydrogen-bond donors (Lipinski definition) is 4. The van der Waals surface area contributed by atoms with Crippen LogP contribution < -0.4 is 10.6 Å². The quantitative estimate of drug-likeness (QED) is 0.606. The largest absolute Gasteiger partial charge is 0.390 e. The molecular formula is C18H19BrFN3O3. The number of anilines is 2. The number of carbonyl (C=O) groups excluding carboxylic acids is 1. The number of halogens is 2. The van der Waals surface area contributed by atoms with E-state index in [1.165, 1.54) is 24.5 Å². The Morgan fingerprint density at radius 2 is 2.04 bits per heavy atom. The molecule has 1 saturated carbocycles. The third-order valence-electron chi connectivity index (χ3n) is 4.40. The van der Waals surface area contributed by atoms with E-state index in [0.29, 0.717) is 29.4 Å². The van der Waals surface area contributed by atoms with Crippen molar-refractivity contribution in [2.75, 3.05) is 5.32 Å². The van der Waals surface area contributed by atoms with Crippen molar-refractivity contribution in [2.45, 2.75) is 37.5 Å².